The second-order valence-corrected chi connectivity index (χ2v) is 7.46. The Morgan fingerprint density at radius 2 is 1.62 bits per heavy atom. The molecule has 2 aromatic carbocycles. The standard InChI is InChI=1S/C22H29Cl2NO/c1-2-3-4-5-6-7-14-25-16-18-8-12-21(13-9-18)26-17-19-10-11-20(23)15-22(19)24/h8-13,15,25H,2-7,14,16-17H2,1H3. The molecule has 0 aliphatic rings. The van der Waals surface area contributed by atoms with E-state index in [2.05, 4.69) is 24.4 Å². The molecule has 0 unspecified atom stereocenters. The van der Waals surface area contributed by atoms with Gasteiger partial charge in [-0.3, -0.25) is 0 Å². The van der Waals surface area contributed by atoms with Crippen LogP contribution in [0.25, 0.3) is 0 Å². The molecule has 0 bridgehead atoms. The van der Waals surface area contributed by atoms with Crippen molar-refractivity contribution in [1.29, 1.82) is 0 Å². The minimum Gasteiger partial charge on any atom is -0.489 e. The zero-order valence-electron chi connectivity index (χ0n) is 15.6. The molecular formula is C22H29Cl2NO. The van der Waals surface area contributed by atoms with E-state index in [0.717, 1.165) is 24.4 Å². The molecule has 4 heteroatoms. The van der Waals surface area contributed by atoms with Gasteiger partial charge in [0.15, 0.2) is 0 Å². The average Bonchev–Trinajstić information content (AvgIpc) is 2.64. The van der Waals surface area contributed by atoms with Crippen LogP contribution in [0.3, 0.4) is 0 Å². The van der Waals surface area contributed by atoms with Crippen molar-refractivity contribution in [2.75, 3.05) is 6.54 Å². The van der Waals surface area contributed by atoms with Gasteiger partial charge in [0.05, 0.1) is 0 Å². The maximum Gasteiger partial charge on any atom is 0.119 e. The lowest BCUT2D eigenvalue weighted by atomic mass is 10.1. The van der Waals surface area contributed by atoms with Gasteiger partial charge >= 0.3 is 0 Å². The minimum atomic E-state index is 0.436. The zero-order valence-corrected chi connectivity index (χ0v) is 17.1. The van der Waals surface area contributed by atoms with Crippen molar-refractivity contribution in [3.63, 3.8) is 0 Å². The highest BCUT2D eigenvalue weighted by molar-refractivity contribution is 6.35. The van der Waals surface area contributed by atoms with Crippen LogP contribution in [0.2, 0.25) is 10.0 Å². The van der Waals surface area contributed by atoms with Crippen LogP contribution in [-0.4, -0.2) is 6.54 Å². The van der Waals surface area contributed by atoms with E-state index in [0.29, 0.717) is 16.7 Å². The van der Waals surface area contributed by atoms with E-state index in [1.54, 1.807) is 6.07 Å². The van der Waals surface area contributed by atoms with E-state index >= 15 is 0 Å². The van der Waals surface area contributed by atoms with Crippen LogP contribution < -0.4 is 10.1 Å². The molecule has 2 aromatic rings. The highest BCUT2D eigenvalue weighted by atomic mass is 35.5. The summed E-state index contributed by atoms with van der Waals surface area (Å²) in [6.45, 7) is 4.67. The van der Waals surface area contributed by atoms with Crippen molar-refractivity contribution in [1.82, 2.24) is 5.32 Å². The first kappa shape index (κ1) is 21.1. The zero-order chi connectivity index (χ0) is 18.6. The minimum absolute atomic E-state index is 0.436. The molecule has 0 aromatic heterocycles. The first-order valence-corrected chi connectivity index (χ1v) is 10.3. The van der Waals surface area contributed by atoms with E-state index in [1.807, 2.05) is 24.3 Å². The molecule has 26 heavy (non-hydrogen) atoms. The lowest BCUT2D eigenvalue weighted by Crippen LogP contribution is -2.14. The molecule has 0 aliphatic carbocycles. The summed E-state index contributed by atoms with van der Waals surface area (Å²) in [5, 5.41) is 4.78. The van der Waals surface area contributed by atoms with Gasteiger partial charge in [-0.2, -0.15) is 0 Å². The van der Waals surface area contributed by atoms with Gasteiger partial charge in [0.25, 0.3) is 0 Å². The topological polar surface area (TPSA) is 21.3 Å². The molecule has 0 spiro atoms. The Balaban J connectivity index is 1.64. The molecule has 0 aliphatic heterocycles. The third-order valence-electron chi connectivity index (χ3n) is 4.37. The van der Waals surface area contributed by atoms with Gasteiger partial charge in [-0.1, -0.05) is 80.4 Å². The molecule has 0 heterocycles. The smallest absolute Gasteiger partial charge is 0.119 e. The van der Waals surface area contributed by atoms with Crippen LogP contribution in [-0.2, 0) is 13.2 Å². The van der Waals surface area contributed by atoms with Gasteiger partial charge in [0, 0.05) is 22.2 Å². The van der Waals surface area contributed by atoms with Gasteiger partial charge in [-0.15, -0.1) is 0 Å². The molecule has 0 fully saturated rings. The van der Waals surface area contributed by atoms with E-state index in [4.69, 9.17) is 27.9 Å². The van der Waals surface area contributed by atoms with E-state index in [-0.39, 0.29) is 0 Å². The summed E-state index contributed by atoms with van der Waals surface area (Å²) in [5.74, 6) is 0.843. The molecular weight excluding hydrogens is 365 g/mol. The number of ether oxygens (including phenoxy) is 1. The predicted octanol–water partition coefficient (Wildman–Crippen LogP) is 7.02. The van der Waals surface area contributed by atoms with Gasteiger partial charge in [-0.25, -0.2) is 0 Å². The Labute approximate surface area is 167 Å². The van der Waals surface area contributed by atoms with Crippen molar-refractivity contribution in [2.24, 2.45) is 0 Å². The number of unbranched alkanes of at least 4 members (excludes halogenated alkanes) is 5. The Morgan fingerprint density at radius 3 is 2.35 bits per heavy atom. The molecule has 0 saturated carbocycles. The van der Waals surface area contributed by atoms with E-state index in [9.17, 15) is 0 Å². The quantitative estimate of drug-likeness (QED) is 0.391. The van der Waals surface area contributed by atoms with Crippen LogP contribution in [0, 0.1) is 0 Å². The van der Waals surface area contributed by atoms with Gasteiger partial charge < -0.3 is 10.1 Å². The number of benzene rings is 2. The number of nitrogens with one attached hydrogen (secondary N) is 1. The second kappa shape index (κ2) is 12.2. The van der Waals surface area contributed by atoms with Crippen LogP contribution in [0.4, 0.5) is 0 Å². The summed E-state index contributed by atoms with van der Waals surface area (Å²) in [6.07, 6.45) is 7.99. The number of rotatable bonds is 12. The fraction of sp³-hybridized carbons (Fsp3) is 0.455. The molecule has 2 nitrogen and oxygen atoms in total. The molecule has 0 radical (unpaired) electrons. The Morgan fingerprint density at radius 1 is 0.885 bits per heavy atom. The average molecular weight is 394 g/mol. The SMILES string of the molecule is CCCCCCCCNCc1ccc(OCc2ccc(Cl)cc2Cl)cc1. The Kier molecular flexibility index (Phi) is 9.91. The maximum atomic E-state index is 6.17. The van der Waals surface area contributed by atoms with Crippen molar-refractivity contribution in [3.05, 3.63) is 63.6 Å². The summed E-state index contributed by atoms with van der Waals surface area (Å²) < 4.78 is 5.81. The highest BCUT2D eigenvalue weighted by Crippen LogP contribution is 2.22. The van der Waals surface area contributed by atoms with E-state index in [1.165, 1.54) is 44.1 Å². The first-order chi connectivity index (χ1) is 12.7. The van der Waals surface area contributed by atoms with Crippen LogP contribution in [0.15, 0.2) is 42.5 Å². The third-order valence-corrected chi connectivity index (χ3v) is 4.96. The largest absolute Gasteiger partial charge is 0.489 e. The van der Waals surface area contributed by atoms with Crippen LogP contribution in [0.1, 0.15) is 56.6 Å². The monoisotopic (exact) mass is 393 g/mol. The van der Waals surface area contributed by atoms with Gasteiger partial charge in [0.1, 0.15) is 12.4 Å². The van der Waals surface area contributed by atoms with E-state index < -0.39 is 0 Å². The third kappa shape index (κ3) is 7.99. The van der Waals surface area contributed by atoms with Crippen molar-refractivity contribution >= 4 is 23.2 Å². The number of hydrogen-bond acceptors (Lipinski definition) is 2. The number of halogens is 2. The first-order valence-electron chi connectivity index (χ1n) is 9.55. The lowest BCUT2D eigenvalue weighted by molar-refractivity contribution is 0.306. The molecule has 0 saturated heterocycles. The summed E-state index contributed by atoms with van der Waals surface area (Å²) in [7, 11) is 0. The molecule has 2 rings (SSSR count). The normalized spacial score (nSPS) is 10.9. The highest BCUT2D eigenvalue weighted by Gasteiger charge is 2.03. The van der Waals surface area contributed by atoms with Crippen molar-refractivity contribution in [3.8, 4) is 5.75 Å². The second-order valence-electron chi connectivity index (χ2n) is 6.61. The van der Waals surface area contributed by atoms with Crippen LogP contribution in [0.5, 0.6) is 5.75 Å². The molecule has 142 valence electrons. The number of hydrogen-bond donors (Lipinski definition) is 1. The molecule has 0 amide bonds. The predicted molar refractivity (Wildman–Crippen MR) is 112 cm³/mol. The summed E-state index contributed by atoms with van der Waals surface area (Å²) in [6, 6.07) is 13.7. The fourth-order valence-corrected chi connectivity index (χ4v) is 3.23. The summed E-state index contributed by atoms with van der Waals surface area (Å²) in [4.78, 5) is 0. The molecule has 1 N–H and O–H groups in total. The van der Waals surface area contributed by atoms with Gasteiger partial charge in [0.2, 0.25) is 0 Å². The van der Waals surface area contributed by atoms with Crippen molar-refractivity contribution < 1.29 is 4.74 Å². The Bertz CT molecular complexity index is 643. The lowest BCUT2D eigenvalue weighted by Gasteiger charge is -2.09. The van der Waals surface area contributed by atoms with Crippen molar-refractivity contribution in [2.45, 2.75) is 58.6 Å². The van der Waals surface area contributed by atoms with Gasteiger partial charge in [-0.05, 0) is 42.8 Å². The summed E-state index contributed by atoms with van der Waals surface area (Å²) in [5.41, 5.74) is 2.20. The molecule has 0 atom stereocenters. The maximum absolute atomic E-state index is 6.17. The summed E-state index contributed by atoms with van der Waals surface area (Å²) >= 11 is 12.1. The fourth-order valence-electron chi connectivity index (χ4n) is 2.77. The van der Waals surface area contributed by atoms with Crippen LogP contribution >= 0.6 is 23.2 Å². The Hall–Kier alpha value is -1.22.